The van der Waals surface area contributed by atoms with Crippen molar-refractivity contribution in [2.45, 2.75) is 32.9 Å². The maximum Gasteiger partial charge on any atom is 0.138 e. The second-order valence-corrected chi connectivity index (χ2v) is 5.48. The Morgan fingerprint density at radius 3 is 3.14 bits per heavy atom. The molecule has 0 unspecified atom stereocenters. The highest BCUT2D eigenvalue weighted by Crippen LogP contribution is 2.34. The zero-order chi connectivity index (χ0) is 14.7. The minimum Gasteiger partial charge on any atom is -0.384 e. The first kappa shape index (κ1) is 14.1. The lowest BCUT2D eigenvalue weighted by atomic mass is 10.0. The number of pyridine rings is 1. The Bertz CT molecular complexity index is 595. The fourth-order valence-electron chi connectivity index (χ4n) is 2.89. The third-order valence-corrected chi connectivity index (χ3v) is 4.13. The van der Waals surface area contributed by atoms with Crippen LogP contribution in [0, 0.1) is 12.8 Å². The molecular formula is C16H22N4O. The molecule has 1 aliphatic heterocycles. The molecule has 2 aromatic rings. The number of imidazole rings is 1. The number of hydrogen-bond acceptors (Lipinski definition) is 4. The Hall–Kier alpha value is -1.88. The van der Waals surface area contributed by atoms with Crippen LogP contribution in [-0.4, -0.2) is 27.7 Å². The summed E-state index contributed by atoms with van der Waals surface area (Å²) in [4.78, 5) is 8.62. The molecule has 21 heavy (non-hydrogen) atoms. The van der Waals surface area contributed by atoms with Crippen LogP contribution < -0.4 is 5.32 Å². The number of nitrogens with zero attached hydrogens (tertiary/aromatic N) is 3. The van der Waals surface area contributed by atoms with Crippen LogP contribution in [0.3, 0.4) is 0 Å². The van der Waals surface area contributed by atoms with Gasteiger partial charge in [-0.3, -0.25) is 4.98 Å². The summed E-state index contributed by atoms with van der Waals surface area (Å²) in [6.07, 6.45) is 8.75. The van der Waals surface area contributed by atoms with Gasteiger partial charge in [-0.25, -0.2) is 4.98 Å². The molecular weight excluding hydrogens is 264 g/mol. The van der Waals surface area contributed by atoms with Gasteiger partial charge in [-0.2, -0.15) is 0 Å². The molecule has 1 N–H and O–H groups in total. The molecule has 0 aromatic carbocycles. The molecule has 3 rings (SSSR count). The Morgan fingerprint density at radius 2 is 2.33 bits per heavy atom. The Balaban J connectivity index is 1.69. The minimum absolute atomic E-state index is 0.0922. The third kappa shape index (κ3) is 2.93. The predicted molar refractivity (Wildman–Crippen MR) is 82.2 cm³/mol. The first-order valence-electron chi connectivity index (χ1n) is 7.56. The molecule has 0 spiro atoms. The highest BCUT2D eigenvalue weighted by Gasteiger charge is 2.32. The highest BCUT2D eigenvalue weighted by molar-refractivity contribution is 5.48. The molecule has 0 bridgehead atoms. The maximum absolute atomic E-state index is 5.94. The molecule has 112 valence electrons. The van der Waals surface area contributed by atoms with Gasteiger partial charge >= 0.3 is 0 Å². The zero-order valence-corrected chi connectivity index (χ0v) is 12.6. The normalized spacial score (nSPS) is 21.6. The lowest BCUT2D eigenvalue weighted by Crippen LogP contribution is -2.21. The molecule has 2 aromatic heterocycles. The fourth-order valence-corrected chi connectivity index (χ4v) is 2.89. The van der Waals surface area contributed by atoms with Crippen LogP contribution in [-0.2, 0) is 11.3 Å². The van der Waals surface area contributed by atoms with Gasteiger partial charge in [-0.05, 0) is 31.9 Å². The van der Waals surface area contributed by atoms with Crippen molar-refractivity contribution in [3.63, 3.8) is 0 Å². The van der Waals surface area contributed by atoms with E-state index >= 15 is 0 Å². The molecule has 5 nitrogen and oxygen atoms in total. The molecule has 3 heterocycles. The van der Waals surface area contributed by atoms with Gasteiger partial charge < -0.3 is 14.6 Å². The summed E-state index contributed by atoms with van der Waals surface area (Å²) in [6, 6.07) is 2.02. The van der Waals surface area contributed by atoms with Gasteiger partial charge in [0.25, 0.3) is 0 Å². The quantitative estimate of drug-likeness (QED) is 0.918. The van der Waals surface area contributed by atoms with E-state index in [0.717, 1.165) is 37.6 Å². The maximum atomic E-state index is 5.94. The fraction of sp³-hybridized carbons (Fsp3) is 0.500. The van der Waals surface area contributed by atoms with E-state index in [9.17, 15) is 0 Å². The highest BCUT2D eigenvalue weighted by atomic mass is 16.5. The van der Waals surface area contributed by atoms with E-state index in [-0.39, 0.29) is 6.10 Å². The summed E-state index contributed by atoms with van der Waals surface area (Å²) >= 11 is 0. The van der Waals surface area contributed by atoms with Gasteiger partial charge in [0.05, 0.1) is 0 Å². The number of hydrogen-bond donors (Lipinski definition) is 1. The van der Waals surface area contributed by atoms with Crippen LogP contribution in [0.2, 0.25) is 0 Å². The van der Waals surface area contributed by atoms with Crippen molar-refractivity contribution in [2.75, 3.05) is 18.5 Å². The first-order valence-corrected chi connectivity index (χ1v) is 7.56. The summed E-state index contributed by atoms with van der Waals surface area (Å²) < 4.78 is 8.10. The Labute approximate surface area is 125 Å². The minimum atomic E-state index is 0.0922. The number of nitrogens with one attached hydrogen (secondary N) is 1. The third-order valence-electron chi connectivity index (χ3n) is 4.13. The van der Waals surface area contributed by atoms with Gasteiger partial charge in [0.1, 0.15) is 11.9 Å². The number of aryl methyl sites for hydroxylation is 2. The summed E-state index contributed by atoms with van der Waals surface area (Å²) in [6.45, 7) is 6.84. The molecule has 2 atom stereocenters. The van der Waals surface area contributed by atoms with Crippen LogP contribution in [0.1, 0.15) is 30.8 Å². The molecule has 0 amide bonds. The van der Waals surface area contributed by atoms with Crippen molar-refractivity contribution < 1.29 is 4.74 Å². The van der Waals surface area contributed by atoms with Gasteiger partial charge in [0.15, 0.2) is 0 Å². The van der Waals surface area contributed by atoms with E-state index in [1.807, 2.05) is 30.9 Å². The smallest absolute Gasteiger partial charge is 0.138 e. The number of anilines is 1. The van der Waals surface area contributed by atoms with Gasteiger partial charge in [0.2, 0.25) is 0 Å². The van der Waals surface area contributed by atoms with Crippen LogP contribution in [0.5, 0.6) is 0 Å². The van der Waals surface area contributed by atoms with E-state index in [4.69, 9.17) is 4.74 Å². The summed E-state index contributed by atoms with van der Waals surface area (Å²) in [5.74, 6) is 1.50. The van der Waals surface area contributed by atoms with Gasteiger partial charge in [-0.1, -0.05) is 0 Å². The summed E-state index contributed by atoms with van der Waals surface area (Å²) in [7, 11) is 0. The van der Waals surface area contributed by atoms with E-state index < -0.39 is 0 Å². The number of aromatic nitrogens is 3. The standard InChI is InChI=1S/C16H22N4O/c1-3-20-8-7-18-16(20)15-13(5-9-21-15)11-19-14-4-6-17-10-12(14)2/h4,6-8,10,13,15H,3,5,9,11H2,1-2H3,(H,17,19)/t13-,15+/m0/s1. The molecule has 1 fully saturated rings. The van der Waals surface area contributed by atoms with Crippen LogP contribution in [0.25, 0.3) is 0 Å². The molecule has 1 aliphatic rings. The lowest BCUT2D eigenvalue weighted by molar-refractivity contribution is 0.0832. The van der Waals surface area contributed by atoms with Crippen LogP contribution >= 0.6 is 0 Å². The lowest BCUT2D eigenvalue weighted by Gasteiger charge is -2.20. The van der Waals surface area contributed by atoms with Crippen molar-refractivity contribution in [2.24, 2.45) is 5.92 Å². The average Bonchev–Trinajstić information content (AvgIpc) is 3.14. The number of ether oxygens (including phenoxy) is 1. The van der Waals surface area contributed by atoms with Crippen LogP contribution in [0.15, 0.2) is 30.9 Å². The van der Waals surface area contributed by atoms with Gasteiger partial charge in [-0.15, -0.1) is 0 Å². The van der Waals surface area contributed by atoms with Crippen molar-refractivity contribution in [3.8, 4) is 0 Å². The van der Waals surface area contributed by atoms with E-state index in [2.05, 4.69) is 33.7 Å². The molecule has 0 aliphatic carbocycles. The largest absolute Gasteiger partial charge is 0.384 e. The first-order chi connectivity index (χ1) is 10.3. The number of rotatable bonds is 5. The van der Waals surface area contributed by atoms with Crippen molar-refractivity contribution >= 4 is 5.69 Å². The van der Waals surface area contributed by atoms with Crippen molar-refractivity contribution in [1.29, 1.82) is 0 Å². The molecule has 0 saturated carbocycles. The Kier molecular flexibility index (Phi) is 4.20. The second-order valence-electron chi connectivity index (χ2n) is 5.48. The van der Waals surface area contributed by atoms with Gasteiger partial charge in [0, 0.05) is 56.1 Å². The van der Waals surface area contributed by atoms with Crippen molar-refractivity contribution in [3.05, 3.63) is 42.2 Å². The predicted octanol–water partition coefficient (Wildman–Crippen LogP) is 2.80. The topological polar surface area (TPSA) is 52.0 Å². The summed E-state index contributed by atoms with van der Waals surface area (Å²) in [5.41, 5.74) is 2.32. The van der Waals surface area contributed by atoms with Crippen molar-refractivity contribution in [1.82, 2.24) is 14.5 Å². The SMILES string of the molecule is CCn1ccnc1[C@@H]1OCC[C@H]1CNc1ccncc1C. The van der Waals surface area contributed by atoms with E-state index in [1.165, 1.54) is 5.56 Å². The van der Waals surface area contributed by atoms with E-state index in [0.29, 0.717) is 5.92 Å². The second kappa shape index (κ2) is 6.26. The average molecular weight is 286 g/mol. The molecule has 5 heteroatoms. The monoisotopic (exact) mass is 286 g/mol. The molecule has 0 radical (unpaired) electrons. The Morgan fingerprint density at radius 1 is 1.43 bits per heavy atom. The zero-order valence-electron chi connectivity index (χ0n) is 12.6. The van der Waals surface area contributed by atoms with E-state index in [1.54, 1.807) is 0 Å². The molecule has 1 saturated heterocycles. The summed E-state index contributed by atoms with van der Waals surface area (Å²) in [5, 5.41) is 3.53. The van der Waals surface area contributed by atoms with Crippen LogP contribution in [0.4, 0.5) is 5.69 Å².